The molecular formula is C25H42O3. The summed E-state index contributed by atoms with van der Waals surface area (Å²) in [5.74, 6) is 0.227. The fourth-order valence-corrected chi connectivity index (χ4v) is 3.78. The van der Waals surface area contributed by atoms with Crippen LogP contribution in [0.2, 0.25) is 0 Å². The van der Waals surface area contributed by atoms with Gasteiger partial charge in [-0.3, -0.25) is 4.79 Å². The minimum Gasteiger partial charge on any atom is -0.508 e. The third-order valence-corrected chi connectivity index (χ3v) is 5.54. The van der Waals surface area contributed by atoms with E-state index in [-0.39, 0.29) is 11.4 Å². The van der Waals surface area contributed by atoms with Crippen LogP contribution in [0.4, 0.5) is 0 Å². The lowest BCUT2D eigenvalue weighted by Crippen LogP contribution is -2.17. The molecule has 160 valence electrons. The predicted octanol–water partition coefficient (Wildman–Crippen LogP) is 7.09. The Hall–Kier alpha value is -1.51. The van der Waals surface area contributed by atoms with Gasteiger partial charge in [-0.1, -0.05) is 91.2 Å². The molecule has 0 aliphatic rings. The Kier molecular flexibility index (Phi) is 11.9. The number of aryl methyl sites for hydroxylation is 1. The molecule has 1 rings (SSSR count). The minimum absolute atomic E-state index is 0.0636. The number of hydrogen-bond acceptors (Lipinski definition) is 3. The second-order valence-electron chi connectivity index (χ2n) is 8.68. The zero-order valence-corrected chi connectivity index (χ0v) is 18.7. The average Bonchev–Trinajstić information content (AvgIpc) is 2.66. The van der Waals surface area contributed by atoms with Crippen molar-refractivity contribution in [3.05, 3.63) is 29.3 Å². The van der Waals surface area contributed by atoms with Gasteiger partial charge in [-0.25, -0.2) is 0 Å². The number of aromatic hydroxyl groups is 1. The van der Waals surface area contributed by atoms with Crippen LogP contribution < -0.4 is 0 Å². The molecule has 0 atom stereocenters. The number of phenolic OH excluding ortho intramolecular Hbond substituents is 1. The van der Waals surface area contributed by atoms with Gasteiger partial charge in [-0.2, -0.15) is 0 Å². The number of carbonyl (C=O) groups excluding carboxylic acids is 1. The normalized spacial score (nSPS) is 11.6. The van der Waals surface area contributed by atoms with Crippen molar-refractivity contribution in [1.29, 1.82) is 0 Å². The van der Waals surface area contributed by atoms with Gasteiger partial charge in [0.2, 0.25) is 0 Å². The lowest BCUT2D eigenvalue weighted by molar-refractivity contribution is -0.143. The Bertz CT molecular complexity index is 563. The van der Waals surface area contributed by atoms with E-state index in [0.717, 1.165) is 36.8 Å². The molecule has 0 aliphatic heterocycles. The Morgan fingerprint density at radius 1 is 0.964 bits per heavy atom. The van der Waals surface area contributed by atoms with Crippen molar-refractivity contribution >= 4 is 5.97 Å². The van der Waals surface area contributed by atoms with E-state index < -0.39 is 0 Å². The van der Waals surface area contributed by atoms with E-state index in [1.807, 2.05) is 6.07 Å². The highest BCUT2D eigenvalue weighted by atomic mass is 16.5. The Morgan fingerprint density at radius 3 is 2.25 bits per heavy atom. The van der Waals surface area contributed by atoms with Crippen molar-refractivity contribution in [2.45, 2.75) is 110 Å². The molecule has 0 fully saturated rings. The molecule has 0 spiro atoms. The van der Waals surface area contributed by atoms with Crippen molar-refractivity contribution in [2.75, 3.05) is 6.61 Å². The molecule has 1 aromatic rings. The molecule has 0 amide bonds. The first-order valence-electron chi connectivity index (χ1n) is 11.4. The second-order valence-corrected chi connectivity index (χ2v) is 8.68. The van der Waals surface area contributed by atoms with Crippen molar-refractivity contribution in [3.8, 4) is 5.75 Å². The highest BCUT2D eigenvalue weighted by Gasteiger charge is 2.23. The Labute approximate surface area is 172 Å². The van der Waals surface area contributed by atoms with Gasteiger partial charge in [0.25, 0.3) is 0 Å². The van der Waals surface area contributed by atoms with E-state index in [2.05, 4.69) is 33.8 Å². The fraction of sp³-hybridized carbons (Fsp3) is 0.720. The van der Waals surface area contributed by atoms with E-state index in [9.17, 15) is 9.90 Å². The van der Waals surface area contributed by atoms with E-state index in [1.165, 1.54) is 38.5 Å². The molecule has 1 N–H and O–H groups in total. The average molecular weight is 391 g/mol. The van der Waals surface area contributed by atoms with Crippen LogP contribution in [0.25, 0.3) is 0 Å². The van der Waals surface area contributed by atoms with Crippen molar-refractivity contribution in [1.82, 2.24) is 0 Å². The first-order valence-corrected chi connectivity index (χ1v) is 11.4. The maximum absolute atomic E-state index is 12.0. The van der Waals surface area contributed by atoms with E-state index >= 15 is 0 Å². The van der Waals surface area contributed by atoms with Gasteiger partial charge in [0.1, 0.15) is 5.75 Å². The monoisotopic (exact) mass is 390 g/mol. The van der Waals surface area contributed by atoms with Crippen LogP contribution >= 0.6 is 0 Å². The Balaban J connectivity index is 2.28. The molecule has 0 radical (unpaired) electrons. The summed E-state index contributed by atoms with van der Waals surface area (Å²) in [4.78, 5) is 12.0. The molecule has 0 aromatic heterocycles. The first-order chi connectivity index (χ1) is 13.4. The Morgan fingerprint density at radius 2 is 1.61 bits per heavy atom. The molecule has 0 unspecified atom stereocenters. The van der Waals surface area contributed by atoms with Crippen molar-refractivity contribution < 1.29 is 14.6 Å². The van der Waals surface area contributed by atoms with Crippen LogP contribution in [0.5, 0.6) is 5.75 Å². The number of phenols is 1. The molecule has 3 heteroatoms. The standard InChI is InChI=1S/C25H42O3/c1-5-7-8-9-10-11-12-13-19-28-24(27)17-15-21-14-16-23(26)22(20-21)25(3,4)18-6-2/h14,16,20,26H,5-13,15,17-19H2,1-4H3. The zero-order chi connectivity index (χ0) is 20.8. The number of ether oxygens (including phenoxy) is 1. The minimum atomic E-state index is -0.120. The summed E-state index contributed by atoms with van der Waals surface area (Å²) in [5.41, 5.74) is 1.99. The van der Waals surface area contributed by atoms with Gasteiger partial charge in [-0.15, -0.1) is 0 Å². The van der Waals surface area contributed by atoms with Gasteiger partial charge in [0.15, 0.2) is 0 Å². The summed E-state index contributed by atoms with van der Waals surface area (Å²) in [6.07, 6.45) is 13.1. The highest BCUT2D eigenvalue weighted by Crippen LogP contribution is 2.35. The van der Waals surface area contributed by atoms with Gasteiger partial charge in [-0.05, 0) is 41.9 Å². The van der Waals surface area contributed by atoms with Crippen LogP contribution in [0.3, 0.4) is 0 Å². The summed E-state index contributed by atoms with van der Waals surface area (Å²) in [7, 11) is 0. The maximum Gasteiger partial charge on any atom is 0.306 e. The summed E-state index contributed by atoms with van der Waals surface area (Å²) in [6.45, 7) is 9.26. The fourth-order valence-electron chi connectivity index (χ4n) is 3.78. The van der Waals surface area contributed by atoms with Crippen molar-refractivity contribution in [3.63, 3.8) is 0 Å². The van der Waals surface area contributed by atoms with Crippen LogP contribution in [0.15, 0.2) is 18.2 Å². The maximum atomic E-state index is 12.0. The molecule has 0 saturated carbocycles. The highest BCUT2D eigenvalue weighted by molar-refractivity contribution is 5.69. The number of unbranched alkanes of at least 4 members (excludes halogenated alkanes) is 7. The predicted molar refractivity (Wildman–Crippen MR) is 118 cm³/mol. The van der Waals surface area contributed by atoms with Gasteiger partial charge >= 0.3 is 5.97 Å². The summed E-state index contributed by atoms with van der Waals surface area (Å²) in [6, 6.07) is 5.72. The molecule has 0 saturated heterocycles. The van der Waals surface area contributed by atoms with E-state index in [0.29, 0.717) is 25.2 Å². The van der Waals surface area contributed by atoms with Gasteiger partial charge in [0.05, 0.1) is 6.61 Å². The van der Waals surface area contributed by atoms with E-state index in [4.69, 9.17) is 4.74 Å². The number of rotatable bonds is 15. The summed E-state index contributed by atoms with van der Waals surface area (Å²) < 4.78 is 5.38. The van der Waals surface area contributed by atoms with Crippen LogP contribution in [0, 0.1) is 0 Å². The quantitative estimate of drug-likeness (QED) is 0.257. The van der Waals surface area contributed by atoms with Gasteiger partial charge < -0.3 is 9.84 Å². The largest absolute Gasteiger partial charge is 0.508 e. The molecule has 3 nitrogen and oxygen atoms in total. The SMILES string of the molecule is CCCCCCCCCCOC(=O)CCc1ccc(O)c(C(C)(C)CCC)c1. The van der Waals surface area contributed by atoms with Crippen LogP contribution in [0.1, 0.15) is 109 Å². The second kappa shape index (κ2) is 13.6. The summed E-state index contributed by atoms with van der Waals surface area (Å²) in [5, 5.41) is 10.2. The number of carbonyl (C=O) groups is 1. The van der Waals surface area contributed by atoms with E-state index in [1.54, 1.807) is 6.07 Å². The lowest BCUT2D eigenvalue weighted by Gasteiger charge is -2.26. The molecular weight excluding hydrogens is 348 g/mol. The summed E-state index contributed by atoms with van der Waals surface area (Å²) >= 11 is 0. The third kappa shape index (κ3) is 9.61. The zero-order valence-electron chi connectivity index (χ0n) is 18.7. The van der Waals surface area contributed by atoms with Crippen LogP contribution in [-0.2, 0) is 21.4 Å². The molecule has 28 heavy (non-hydrogen) atoms. The lowest BCUT2D eigenvalue weighted by atomic mass is 9.79. The van der Waals surface area contributed by atoms with Gasteiger partial charge in [0, 0.05) is 6.42 Å². The molecule has 0 bridgehead atoms. The third-order valence-electron chi connectivity index (χ3n) is 5.54. The smallest absolute Gasteiger partial charge is 0.306 e. The molecule has 0 aliphatic carbocycles. The van der Waals surface area contributed by atoms with Crippen molar-refractivity contribution in [2.24, 2.45) is 0 Å². The van der Waals surface area contributed by atoms with Crippen LogP contribution in [-0.4, -0.2) is 17.7 Å². The molecule has 1 aromatic carbocycles. The topological polar surface area (TPSA) is 46.5 Å². The number of hydrogen-bond donors (Lipinski definition) is 1. The number of esters is 1. The molecule has 0 heterocycles. The first kappa shape index (κ1) is 24.5. The number of benzene rings is 1.